The summed E-state index contributed by atoms with van der Waals surface area (Å²) in [5, 5.41) is 9.62. The first-order chi connectivity index (χ1) is 12.7. The summed E-state index contributed by atoms with van der Waals surface area (Å²) in [6, 6.07) is 15.8. The standard InChI is InChI=1S/C23H17NO2/c1-13-5-8-15(9-6-13)16-3-2-4-17-20(16)23-21(17)22(25)18-11-14(12-24)7-10-19(18)26-23/h5-11,17H,2-4H2,1H3. The SMILES string of the molecule is Cc1ccc(C2=C3c4oc5ccc(C#N)cc5c(=O)c4C3CCC2)cc1. The summed E-state index contributed by atoms with van der Waals surface area (Å²) in [7, 11) is 0. The molecule has 0 fully saturated rings. The molecule has 2 aliphatic rings. The Labute approximate surface area is 151 Å². The van der Waals surface area contributed by atoms with Gasteiger partial charge in [-0.15, -0.1) is 0 Å². The molecule has 0 saturated carbocycles. The average Bonchev–Trinajstić information content (AvgIpc) is 2.66. The molecule has 5 rings (SSSR count). The summed E-state index contributed by atoms with van der Waals surface area (Å²) < 4.78 is 6.14. The molecule has 0 spiro atoms. The van der Waals surface area contributed by atoms with E-state index in [0.717, 1.165) is 30.6 Å². The summed E-state index contributed by atoms with van der Waals surface area (Å²) in [6.07, 6.45) is 3.09. The van der Waals surface area contributed by atoms with Crippen molar-refractivity contribution < 1.29 is 4.42 Å². The van der Waals surface area contributed by atoms with E-state index in [9.17, 15) is 4.79 Å². The molecular weight excluding hydrogens is 322 g/mol. The third-order valence-corrected chi connectivity index (χ3v) is 5.64. The van der Waals surface area contributed by atoms with Gasteiger partial charge in [-0.2, -0.15) is 5.26 Å². The molecule has 126 valence electrons. The number of nitrogens with zero attached hydrogens (tertiary/aromatic N) is 1. The minimum absolute atomic E-state index is 0.0252. The van der Waals surface area contributed by atoms with Crippen molar-refractivity contribution >= 4 is 22.1 Å². The van der Waals surface area contributed by atoms with E-state index in [1.165, 1.54) is 22.3 Å². The van der Waals surface area contributed by atoms with Crippen LogP contribution in [0.4, 0.5) is 0 Å². The predicted molar refractivity (Wildman–Crippen MR) is 102 cm³/mol. The van der Waals surface area contributed by atoms with E-state index in [2.05, 4.69) is 37.3 Å². The highest BCUT2D eigenvalue weighted by Gasteiger charge is 2.42. The molecule has 0 saturated heterocycles. The molecule has 0 aliphatic heterocycles. The molecule has 0 amide bonds. The van der Waals surface area contributed by atoms with Crippen LogP contribution < -0.4 is 5.43 Å². The Morgan fingerprint density at radius 3 is 2.73 bits per heavy atom. The maximum Gasteiger partial charge on any atom is 0.197 e. The van der Waals surface area contributed by atoms with E-state index in [1.807, 2.05) is 0 Å². The van der Waals surface area contributed by atoms with E-state index in [0.29, 0.717) is 16.5 Å². The predicted octanol–water partition coefficient (Wildman–Crippen LogP) is 5.17. The van der Waals surface area contributed by atoms with Crippen molar-refractivity contribution in [1.29, 1.82) is 5.26 Å². The summed E-state index contributed by atoms with van der Waals surface area (Å²) in [6.45, 7) is 2.09. The molecule has 3 heteroatoms. The zero-order valence-corrected chi connectivity index (χ0v) is 14.5. The van der Waals surface area contributed by atoms with Gasteiger partial charge in [0, 0.05) is 11.5 Å². The zero-order chi connectivity index (χ0) is 17.8. The number of hydrogen-bond donors (Lipinski definition) is 0. The molecule has 3 nitrogen and oxygen atoms in total. The highest BCUT2D eigenvalue weighted by atomic mass is 16.3. The van der Waals surface area contributed by atoms with E-state index >= 15 is 0 Å². The van der Waals surface area contributed by atoms with Crippen molar-refractivity contribution in [3.63, 3.8) is 0 Å². The van der Waals surface area contributed by atoms with Gasteiger partial charge in [0.05, 0.1) is 22.6 Å². The first-order valence-electron chi connectivity index (χ1n) is 8.98. The fourth-order valence-corrected chi connectivity index (χ4v) is 4.33. The van der Waals surface area contributed by atoms with Gasteiger partial charge in [0.2, 0.25) is 0 Å². The van der Waals surface area contributed by atoms with Gasteiger partial charge < -0.3 is 4.42 Å². The van der Waals surface area contributed by atoms with Crippen LogP contribution >= 0.6 is 0 Å². The molecular formula is C23H17NO2. The van der Waals surface area contributed by atoms with Crippen LogP contribution in [0.25, 0.3) is 22.1 Å². The number of nitriles is 1. The number of rotatable bonds is 1. The lowest BCUT2D eigenvalue weighted by Gasteiger charge is -2.37. The summed E-state index contributed by atoms with van der Waals surface area (Å²) in [5.41, 5.74) is 6.86. The summed E-state index contributed by atoms with van der Waals surface area (Å²) in [5.74, 6) is 0.925. The van der Waals surface area contributed by atoms with Crippen LogP contribution in [0, 0.1) is 18.3 Å². The lowest BCUT2D eigenvalue weighted by molar-refractivity contribution is 0.515. The lowest BCUT2D eigenvalue weighted by Crippen LogP contribution is -2.29. The molecule has 1 heterocycles. The Balaban J connectivity index is 1.76. The number of hydrogen-bond acceptors (Lipinski definition) is 3. The number of aryl methyl sites for hydroxylation is 1. The van der Waals surface area contributed by atoms with E-state index in [-0.39, 0.29) is 11.3 Å². The maximum atomic E-state index is 13.0. The molecule has 0 bridgehead atoms. The number of fused-ring (bicyclic) bond motifs is 5. The molecule has 1 atom stereocenters. The average molecular weight is 339 g/mol. The Kier molecular flexibility index (Phi) is 3.17. The lowest BCUT2D eigenvalue weighted by atomic mass is 9.67. The van der Waals surface area contributed by atoms with E-state index in [4.69, 9.17) is 9.68 Å². The largest absolute Gasteiger partial charge is 0.456 e. The fourth-order valence-electron chi connectivity index (χ4n) is 4.33. The molecule has 1 unspecified atom stereocenters. The smallest absolute Gasteiger partial charge is 0.197 e. The van der Waals surface area contributed by atoms with Crippen LogP contribution in [0.5, 0.6) is 0 Å². The highest BCUT2D eigenvalue weighted by molar-refractivity contribution is 6.00. The number of allylic oxidation sites excluding steroid dienone is 2. The van der Waals surface area contributed by atoms with Crippen LogP contribution in [0.1, 0.15) is 53.2 Å². The Bertz CT molecular complexity index is 1190. The van der Waals surface area contributed by atoms with Gasteiger partial charge in [-0.3, -0.25) is 4.79 Å². The first kappa shape index (κ1) is 15.2. The molecule has 2 aliphatic carbocycles. The molecule has 0 radical (unpaired) electrons. The topological polar surface area (TPSA) is 54.0 Å². The third kappa shape index (κ3) is 2.02. The zero-order valence-electron chi connectivity index (χ0n) is 14.5. The highest BCUT2D eigenvalue weighted by Crippen LogP contribution is 2.55. The van der Waals surface area contributed by atoms with Crippen LogP contribution in [-0.2, 0) is 0 Å². The van der Waals surface area contributed by atoms with Crippen LogP contribution in [0.3, 0.4) is 0 Å². The minimum atomic E-state index is 0.0252. The number of benzene rings is 2. The van der Waals surface area contributed by atoms with E-state index in [1.54, 1.807) is 18.2 Å². The van der Waals surface area contributed by atoms with Gasteiger partial charge in [0.15, 0.2) is 5.43 Å². The third-order valence-electron chi connectivity index (χ3n) is 5.64. The van der Waals surface area contributed by atoms with Crippen molar-refractivity contribution in [1.82, 2.24) is 0 Å². The monoisotopic (exact) mass is 339 g/mol. The van der Waals surface area contributed by atoms with E-state index < -0.39 is 0 Å². The maximum absolute atomic E-state index is 13.0. The molecule has 1 aromatic heterocycles. The molecule has 26 heavy (non-hydrogen) atoms. The summed E-state index contributed by atoms with van der Waals surface area (Å²) in [4.78, 5) is 13.0. The second kappa shape index (κ2) is 5.44. The second-order valence-electron chi connectivity index (χ2n) is 7.20. The van der Waals surface area contributed by atoms with Gasteiger partial charge in [0.25, 0.3) is 0 Å². The van der Waals surface area contributed by atoms with Crippen molar-refractivity contribution in [3.05, 3.63) is 80.7 Å². The van der Waals surface area contributed by atoms with Crippen molar-refractivity contribution in [2.45, 2.75) is 32.1 Å². The Morgan fingerprint density at radius 1 is 1.15 bits per heavy atom. The van der Waals surface area contributed by atoms with Gasteiger partial charge in [-0.05, 0) is 55.5 Å². The Hall–Kier alpha value is -3.12. The Morgan fingerprint density at radius 2 is 1.96 bits per heavy atom. The van der Waals surface area contributed by atoms with Crippen molar-refractivity contribution in [3.8, 4) is 6.07 Å². The van der Waals surface area contributed by atoms with Gasteiger partial charge in [-0.1, -0.05) is 29.8 Å². The van der Waals surface area contributed by atoms with Gasteiger partial charge in [0.1, 0.15) is 11.3 Å². The quantitative estimate of drug-likeness (QED) is 0.615. The minimum Gasteiger partial charge on any atom is -0.456 e. The molecule has 2 aromatic carbocycles. The van der Waals surface area contributed by atoms with Gasteiger partial charge >= 0.3 is 0 Å². The van der Waals surface area contributed by atoms with Crippen molar-refractivity contribution in [2.75, 3.05) is 0 Å². The fraction of sp³-hybridized carbons (Fsp3) is 0.217. The van der Waals surface area contributed by atoms with Crippen LogP contribution in [0.2, 0.25) is 0 Å². The normalized spacial score (nSPS) is 18.1. The molecule has 0 N–H and O–H groups in total. The van der Waals surface area contributed by atoms with Gasteiger partial charge in [-0.25, -0.2) is 0 Å². The first-order valence-corrected chi connectivity index (χ1v) is 8.98. The van der Waals surface area contributed by atoms with Crippen LogP contribution in [0.15, 0.2) is 51.7 Å². The summed E-state index contributed by atoms with van der Waals surface area (Å²) >= 11 is 0. The second-order valence-corrected chi connectivity index (χ2v) is 7.20. The van der Waals surface area contributed by atoms with Crippen LogP contribution in [-0.4, -0.2) is 0 Å². The van der Waals surface area contributed by atoms with Crippen molar-refractivity contribution in [2.24, 2.45) is 0 Å². The molecule has 3 aromatic rings.